The molecule has 4 aromatic rings. The molecule has 0 unspecified atom stereocenters. The molecule has 0 aliphatic rings. The lowest BCUT2D eigenvalue weighted by atomic mass is 10.0. The molecule has 118 valence electrons. The fraction of sp³-hybridized carbons (Fsp3) is 0.0526. The second-order valence-corrected chi connectivity index (χ2v) is 5.39. The van der Waals surface area contributed by atoms with Crippen LogP contribution in [0.15, 0.2) is 68.9 Å². The number of ether oxygens (including phenoxy) is 1. The van der Waals surface area contributed by atoms with Crippen LogP contribution in [0.25, 0.3) is 33.0 Å². The first-order valence-electron chi connectivity index (χ1n) is 7.40. The largest absolute Gasteiger partial charge is 0.491 e. The summed E-state index contributed by atoms with van der Waals surface area (Å²) in [7, 11) is 1.39. The highest BCUT2D eigenvalue weighted by atomic mass is 16.5. The Morgan fingerprint density at radius 1 is 1.04 bits per heavy atom. The number of rotatable bonds is 2. The molecule has 1 N–H and O–H groups in total. The molecule has 24 heavy (non-hydrogen) atoms. The first-order chi connectivity index (χ1) is 11.7. The van der Waals surface area contributed by atoms with Crippen LogP contribution in [0.5, 0.6) is 5.75 Å². The molecule has 0 atom stereocenters. The predicted molar refractivity (Wildman–Crippen MR) is 92.6 cm³/mol. The molecular weight excluding hydrogens is 306 g/mol. The Morgan fingerprint density at radius 2 is 1.88 bits per heavy atom. The van der Waals surface area contributed by atoms with E-state index in [9.17, 15) is 9.59 Å². The van der Waals surface area contributed by atoms with Crippen molar-refractivity contribution in [2.75, 3.05) is 7.11 Å². The molecule has 5 heteroatoms. The van der Waals surface area contributed by atoms with Crippen LogP contribution in [0.4, 0.5) is 0 Å². The third-order valence-electron chi connectivity index (χ3n) is 4.05. The van der Waals surface area contributed by atoms with Crippen LogP contribution in [0, 0.1) is 0 Å². The second kappa shape index (κ2) is 5.38. The molecule has 4 rings (SSSR count). The van der Waals surface area contributed by atoms with Crippen LogP contribution in [0.2, 0.25) is 0 Å². The van der Waals surface area contributed by atoms with E-state index in [1.165, 1.54) is 25.6 Å². The molecular formula is C19H13NO4. The van der Waals surface area contributed by atoms with Crippen LogP contribution >= 0.6 is 0 Å². The summed E-state index contributed by atoms with van der Waals surface area (Å²) in [6, 6.07) is 12.6. The van der Waals surface area contributed by atoms with Crippen molar-refractivity contribution in [1.82, 2.24) is 4.98 Å². The summed E-state index contributed by atoms with van der Waals surface area (Å²) in [6.45, 7) is 0. The minimum Gasteiger partial charge on any atom is -0.491 e. The number of hydrogen-bond donors (Lipinski definition) is 1. The van der Waals surface area contributed by atoms with Crippen LogP contribution in [0.3, 0.4) is 0 Å². The van der Waals surface area contributed by atoms with E-state index >= 15 is 0 Å². The maximum atomic E-state index is 13.1. The number of hydrogen-bond acceptors (Lipinski definition) is 4. The van der Waals surface area contributed by atoms with Crippen molar-refractivity contribution in [3.63, 3.8) is 0 Å². The molecule has 2 aromatic heterocycles. The number of aromatic nitrogens is 1. The summed E-state index contributed by atoms with van der Waals surface area (Å²) in [4.78, 5) is 28.0. The zero-order valence-electron chi connectivity index (χ0n) is 12.8. The Kier molecular flexibility index (Phi) is 3.20. The molecule has 0 amide bonds. The van der Waals surface area contributed by atoms with E-state index in [0.717, 1.165) is 10.8 Å². The van der Waals surface area contributed by atoms with Gasteiger partial charge in [0, 0.05) is 12.3 Å². The zero-order valence-corrected chi connectivity index (χ0v) is 12.8. The van der Waals surface area contributed by atoms with Crippen LogP contribution in [-0.4, -0.2) is 12.1 Å². The quantitative estimate of drug-likeness (QED) is 0.575. The van der Waals surface area contributed by atoms with Gasteiger partial charge in [-0.1, -0.05) is 30.3 Å². The molecule has 0 radical (unpaired) electrons. The number of benzene rings is 2. The number of pyridine rings is 1. The highest BCUT2D eigenvalue weighted by Crippen LogP contribution is 2.27. The lowest BCUT2D eigenvalue weighted by molar-refractivity contribution is 0.410. The topological polar surface area (TPSA) is 72.3 Å². The van der Waals surface area contributed by atoms with Gasteiger partial charge in [0.25, 0.3) is 0 Å². The fourth-order valence-electron chi connectivity index (χ4n) is 2.93. The minimum atomic E-state index is -0.302. The minimum absolute atomic E-state index is 0.0874. The van der Waals surface area contributed by atoms with Crippen molar-refractivity contribution in [1.29, 1.82) is 0 Å². The van der Waals surface area contributed by atoms with Gasteiger partial charge in [-0.05, 0) is 16.8 Å². The average molecular weight is 319 g/mol. The van der Waals surface area contributed by atoms with Gasteiger partial charge in [0.1, 0.15) is 11.8 Å². The highest BCUT2D eigenvalue weighted by molar-refractivity contribution is 6.06. The molecule has 0 aliphatic heterocycles. The molecule has 0 spiro atoms. The Labute approximate surface area is 136 Å². The molecule has 0 aliphatic carbocycles. The van der Waals surface area contributed by atoms with E-state index in [-0.39, 0.29) is 22.2 Å². The Bertz CT molecular complexity index is 1190. The molecule has 0 fully saturated rings. The Balaban J connectivity index is 2.14. The highest BCUT2D eigenvalue weighted by Gasteiger charge is 2.17. The van der Waals surface area contributed by atoms with E-state index in [0.29, 0.717) is 16.7 Å². The van der Waals surface area contributed by atoms with Crippen molar-refractivity contribution in [3.05, 3.63) is 75.4 Å². The van der Waals surface area contributed by atoms with E-state index in [1.807, 2.05) is 30.3 Å². The fourth-order valence-corrected chi connectivity index (χ4v) is 2.93. The number of H-pyrrole nitrogens is 1. The van der Waals surface area contributed by atoms with Crippen molar-refractivity contribution in [2.24, 2.45) is 0 Å². The first-order valence-corrected chi connectivity index (χ1v) is 7.40. The summed E-state index contributed by atoms with van der Waals surface area (Å²) < 4.78 is 10.8. The Hall–Kier alpha value is -3.34. The van der Waals surface area contributed by atoms with Crippen molar-refractivity contribution >= 4 is 21.7 Å². The van der Waals surface area contributed by atoms with Crippen molar-refractivity contribution < 1.29 is 9.15 Å². The van der Waals surface area contributed by atoms with Gasteiger partial charge in [0.2, 0.25) is 10.9 Å². The van der Waals surface area contributed by atoms with Gasteiger partial charge in [0.15, 0.2) is 5.75 Å². The molecule has 0 saturated heterocycles. The normalized spacial score (nSPS) is 11.0. The van der Waals surface area contributed by atoms with Gasteiger partial charge < -0.3 is 14.1 Å². The molecule has 5 nitrogen and oxygen atoms in total. The number of aromatic amines is 1. The van der Waals surface area contributed by atoms with Gasteiger partial charge in [-0.2, -0.15) is 0 Å². The standard InChI is InChI=1S/C19H13NO4/c1-23-19-14(21)8-9-20-17(19)13-10-24-15-7-6-11-4-2-3-5-12(11)16(15)18(13)22/h2-10H,1H3,(H,20,21). The molecule has 2 aromatic carbocycles. The average Bonchev–Trinajstić information content (AvgIpc) is 2.61. The van der Waals surface area contributed by atoms with Gasteiger partial charge in [-0.15, -0.1) is 0 Å². The zero-order chi connectivity index (χ0) is 16.7. The van der Waals surface area contributed by atoms with Crippen LogP contribution < -0.4 is 15.6 Å². The number of nitrogens with one attached hydrogen (secondary N) is 1. The van der Waals surface area contributed by atoms with Gasteiger partial charge in [-0.25, -0.2) is 0 Å². The second-order valence-electron chi connectivity index (χ2n) is 5.39. The number of fused-ring (bicyclic) bond motifs is 3. The van der Waals surface area contributed by atoms with E-state index in [1.54, 1.807) is 6.07 Å². The van der Waals surface area contributed by atoms with Crippen LogP contribution in [0.1, 0.15) is 0 Å². The van der Waals surface area contributed by atoms with E-state index in [2.05, 4.69) is 4.98 Å². The lowest BCUT2D eigenvalue weighted by Gasteiger charge is -2.08. The summed E-state index contributed by atoms with van der Waals surface area (Å²) in [6.07, 6.45) is 2.83. The summed E-state index contributed by atoms with van der Waals surface area (Å²) in [5, 5.41) is 2.24. The monoisotopic (exact) mass is 319 g/mol. The lowest BCUT2D eigenvalue weighted by Crippen LogP contribution is -2.12. The van der Waals surface area contributed by atoms with Gasteiger partial charge in [0.05, 0.1) is 23.8 Å². The van der Waals surface area contributed by atoms with E-state index < -0.39 is 0 Å². The Morgan fingerprint density at radius 3 is 2.71 bits per heavy atom. The molecule has 0 bridgehead atoms. The smallest absolute Gasteiger partial charge is 0.224 e. The van der Waals surface area contributed by atoms with Gasteiger partial charge in [-0.3, -0.25) is 9.59 Å². The van der Waals surface area contributed by atoms with Crippen LogP contribution in [-0.2, 0) is 0 Å². The summed E-state index contributed by atoms with van der Waals surface area (Å²) in [5.41, 5.74) is 0.554. The summed E-state index contributed by atoms with van der Waals surface area (Å²) in [5.74, 6) is 0.0874. The third kappa shape index (κ3) is 2.02. The SMILES string of the molecule is COc1c(-c2coc3ccc4ccccc4c3c2=O)[nH]ccc1=O. The van der Waals surface area contributed by atoms with Crippen molar-refractivity contribution in [3.8, 4) is 17.0 Å². The van der Waals surface area contributed by atoms with E-state index in [4.69, 9.17) is 9.15 Å². The number of methoxy groups -OCH3 is 1. The molecule has 0 saturated carbocycles. The maximum absolute atomic E-state index is 13.1. The molecule has 2 heterocycles. The van der Waals surface area contributed by atoms with Gasteiger partial charge >= 0.3 is 0 Å². The maximum Gasteiger partial charge on any atom is 0.224 e. The summed E-state index contributed by atoms with van der Waals surface area (Å²) >= 11 is 0. The van der Waals surface area contributed by atoms with Crippen molar-refractivity contribution in [2.45, 2.75) is 0 Å². The predicted octanol–water partition coefficient (Wildman–Crippen LogP) is 3.31. The third-order valence-corrected chi connectivity index (χ3v) is 4.05. The first kappa shape index (κ1) is 14.3.